The van der Waals surface area contributed by atoms with Crippen molar-refractivity contribution in [3.8, 4) is 0 Å². The number of rotatable bonds is 4. The lowest BCUT2D eigenvalue weighted by Crippen LogP contribution is -2.38. The monoisotopic (exact) mass is 306 g/mol. The van der Waals surface area contributed by atoms with Crippen LogP contribution in [0.2, 0.25) is 0 Å². The summed E-state index contributed by atoms with van der Waals surface area (Å²) in [6, 6.07) is 6.50. The minimum absolute atomic E-state index is 0.219. The summed E-state index contributed by atoms with van der Waals surface area (Å²) in [4.78, 5) is 11.8. The number of hydrogen-bond acceptors (Lipinski definition) is 3. The molecule has 112 valence electrons. The van der Waals surface area contributed by atoms with Crippen molar-refractivity contribution in [3.05, 3.63) is 51.7 Å². The molecular formula is C15H19FN4S. The Bertz CT molecular complexity index is 606. The van der Waals surface area contributed by atoms with Crippen LogP contribution in [0, 0.1) is 12.7 Å². The Balaban J connectivity index is 1.92. The van der Waals surface area contributed by atoms with E-state index in [9.17, 15) is 4.39 Å². The molecule has 2 rings (SSSR count). The number of aliphatic imine (C=N–C) groups is 1. The summed E-state index contributed by atoms with van der Waals surface area (Å²) in [5.74, 6) is 0.565. The van der Waals surface area contributed by atoms with Crippen molar-refractivity contribution >= 4 is 17.3 Å². The van der Waals surface area contributed by atoms with Gasteiger partial charge < -0.3 is 10.2 Å². The van der Waals surface area contributed by atoms with Crippen molar-refractivity contribution in [2.75, 3.05) is 14.1 Å². The van der Waals surface area contributed by atoms with Crippen LogP contribution in [0.3, 0.4) is 0 Å². The number of hydrogen-bond donors (Lipinski definition) is 1. The van der Waals surface area contributed by atoms with Crippen LogP contribution in [0.15, 0.2) is 35.5 Å². The fraction of sp³-hybridized carbons (Fsp3) is 0.333. The molecule has 0 saturated heterocycles. The molecule has 1 heterocycles. The molecule has 0 aliphatic rings. The second-order valence-corrected chi connectivity index (χ2v) is 6.07. The lowest BCUT2D eigenvalue weighted by atomic mass is 10.2. The van der Waals surface area contributed by atoms with Crippen LogP contribution in [-0.4, -0.2) is 29.9 Å². The van der Waals surface area contributed by atoms with Crippen molar-refractivity contribution in [1.29, 1.82) is 0 Å². The molecule has 1 aromatic heterocycles. The minimum Gasteiger partial charge on any atom is -0.350 e. The van der Waals surface area contributed by atoms with E-state index in [0.29, 0.717) is 13.1 Å². The summed E-state index contributed by atoms with van der Waals surface area (Å²) in [6.45, 7) is 3.35. The largest absolute Gasteiger partial charge is 0.350 e. The number of guanidine groups is 1. The Morgan fingerprint density at radius 1 is 1.38 bits per heavy atom. The van der Waals surface area contributed by atoms with Gasteiger partial charge in [0.25, 0.3) is 0 Å². The van der Waals surface area contributed by atoms with E-state index in [1.165, 1.54) is 17.0 Å². The summed E-state index contributed by atoms with van der Waals surface area (Å²) in [5, 5.41) is 4.31. The van der Waals surface area contributed by atoms with Gasteiger partial charge in [0.2, 0.25) is 0 Å². The van der Waals surface area contributed by atoms with Crippen molar-refractivity contribution in [1.82, 2.24) is 15.2 Å². The fourth-order valence-corrected chi connectivity index (χ4v) is 2.69. The van der Waals surface area contributed by atoms with E-state index in [2.05, 4.69) is 15.3 Å². The molecule has 1 N–H and O–H groups in total. The van der Waals surface area contributed by atoms with Gasteiger partial charge in [-0.3, -0.25) is 4.99 Å². The second-order valence-electron chi connectivity index (χ2n) is 4.75. The Morgan fingerprint density at radius 2 is 2.10 bits per heavy atom. The molecule has 1 aromatic carbocycles. The van der Waals surface area contributed by atoms with Crippen LogP contribution in [-0.2, 0) is 13.1 Å². The molecule has 21 heavy (non-hydrogen) atoms. The molecule has 0 saturated carbocycles. The van der Waals surface area contributed by atoms with Crippen LogP contribution in [0.5, 0.6) is 0 Å². The Morgan fingerprint density at radius 3 is 2.67 bits per heavy atom. The first-order valence-corrected chi connectivity index (χ1v) is 7.47. The third-order valence-electron chi connectivity index (χ3n) is 2.97. The molecule has 0 aliphatic carbocycles. The molecule has 2 aromatic rings. The number of thiazole rings is 1. The first kappa shape index (κ1) is 15.4. The molecule has 0 spiro atoms. The van der Waals surface area contributed by atoms with E-state index in [1.54, 1.807) is 30.5 Å². The zero-order chi connectivity index (χ0) is 15.2. The Labute approximate surface area is 128 Å². The van der Waals surface area contributed by atoms with Gasteiger partial charge in [-0.1, -0.05) is 12.1 Å². The average molecular weight is 306 g/mol. The highest BCUT2D eigenvalue weighted by Gasteiger charge is 2.07. The van der Waals surface area contributed by atoms with Crippen LogP contribution < -0.4 is 5.32 Å². The first-order chi connectivity index (χ1) is 10.1. The predicted molar refractivity (Wildman–Crippen MR) is 84.9 cm³/mol. The molecular weight excluding hydrogens is 287 g/mol. The molecule has 0 aliphatic heterocycles. The van der Waals surface area contributed by atoms with Gasteiger partial charge in [0.05, 0.1) is 6.54 Å². The summed E-state index contributed by atoms with van der Waals surface area (Å²) in [5.41, 5.74) is 1.03. The van der Waals surface area contributed by atoms with E-state index in [-0.39, 0.29) is 5.82 Å². The van der Waals surface area contributed by atoms with Gasteiger partial charge >= 0.3 is 0 Å². The summed E-state index contributed by atoms with van der Waals surface area (Å²) < 4.78 is 12.9. The molecule has 0 unspecified atom stereocenters. The van der Waals surface area contributed by atoms with Gasteiger partial charge in [-0.05, 0) is 24.6 Å². The SMILES string of the molecule is CN=C(NCc1ncc(C)s1)N(C)Cc1ccc(F)cc1. The van der Waals surface area contributed by atoms with Crippen LogP contribution in [0.25, 0.3) is 0 Å². The van der Waals surface area contributed by atoms with E-state index in [1.807, 2.05) is 25.1 Å². The van der Waals surface area contributed by atoms with Gasteiger partial charge in [-0.25, -0.2) is 9.37 Å². The van der Waals surface area contributed by atoms with E-state index >= 15 is 0 Å². The van der Waals surface area contributed by atoms with Crippen molar-refractivity contribution in [2.45, 2.75) is 20.0 Å². The number of aryl methyl sites for hydroxylation is 1. The lowest BCUT2D eigenvalue weighted by molar-refractivity contribution is 0.476. The maximum Gasteiger partial charge on any atom is 0.194 e. The van der Waals surface area contributed by atoms with Crippen molar-refractivity contribution < 1.29 is 4.39 Å². The smallest absolute Gasteiger partial charge is 0.194 e. The lowest BCUT2D eigenvalue weighted by Gasteiger charge is -2.21. The fourth-order valence-electron chi connectivity index (χ4n) is 1.96. The molecule has 6 heteroatoms. The van der Waals surface area contributed by atoms with E-state index in [4.69, 9.17) is 0 Å². The van der Waals surface area contributed by atoms with Gasteiger partial charge in [-0.15, -0.1) is 11.3 Å². The summed E-state index contributed by atoms with van der Waals surface area (Å²) >= 11 is 1.67. The van der Waals surface area contributed by atoms with Crippen LogP contribution in [0.4, 0.5) is 4.39 Å². The molecule has 0 fully saturated rings. The van der Waals surface area contributed by atoms with E-state index in [0.717, 1.165) is 16.5 Å². The third-order valence-corrected chi connectivity index (χ3v) is 3.89. The normalized spacial score (nSPS) is 11.5. The molecule has 0 bridgehead atoms. The minimum atomic E-state index is -0.219. The van der Waals surface area contributed by atoms with Gasteiger partial charge in [0.15, 0.2) is 5.96 Å². The maximum atomic E-state index is 12.9. The predicted octanol–water partition coefficient (Wildman–Crippen LogP) is 2.80. The van der Waals surface area contributed by atoms with E-state index < -0.39 is 0 Å². The van der Waals surface area contributed by atoms with Gasteiger partial charge in [-0.2, -0.15) is 0 Å². The second kappa shape index (κ2) is 7.17. The number of aromatic nitrogens is 1. The topological polar surface area (TPSA) is 40.5 Å². The summed E-state index contributed by atoms with van der Waals surface area (Å²) in [6.07, 6.45) is 1.87. The first-order valence-electron chi connectivity index (χ1n) is 6.66. The molecule has 0 amide bonds. The molecule has 0 atom stereocenters. The number of nitrogens with one attached hydrogen (secondary N) is 1. The number of nitrogens with zero attached hydrogens (tertiary/aromatic N) is 3. The number of benzene rings is 1. The van der Waals surface area contributed by atoms with Gasteiger partial charge in [0, 0.05) is 31.7 Å². The third kappa shape index (κ3) is 4.53. The highest BCUT2D eigenvalue weighted by atomic mass is 32.1. The Hall–Kier alpha value is -1.95. The zero-order valence-corrected chi connectivity index (χ0v) is 13.2. The van der Waals surface area contributed by atoms with Crippen molar-refractivity contribution in [3.63, 3.8) is 0 Å². The van der Waals surface area contributed by atoms with Crippen LogP contribution >= 0.6 is 11.3 Å². The highest BCUT2D eigenvalue weighted by molar-refractivity contribution is 7.11. The quantitative estimate of drug-likeness (QED) is 0.697. The number of halogens is 1. The maximum absolute atomic E-state index is 12.9. The Kier molecular flexibility index (Phi) is 5.27. The standard InChI is InChI=1S/C15H19FN4S/c1-11-8-18-14(21-11)9-19-15(17-2)20(3)10-12-4-6-13(16)7-5-12/h4-8H,9-10H2,1-3H3,(H,17,19). The molecule has 0 radical (unpaired) electrons. The molecule has 4 nitrogen and oxygen atoms in total. The summed E-state index contributed by atoms with van der Waals surface area (Å²) in [7, 11) is 3.70. The van der Waals surface area contributed by atoms with Crippen molar-refractivity contribution in [2.24, 2.45) is 4.99 Å². The van der Waals surface area contributed by atoms with Gasteiger partial charge in [0.1, 0.15) is 10.8 Å². The average Bonchev–Trinajstić information content (AvgIpc) is 2.88. The van der Waals surface area contributed by atoms with Crippen LogP contribution in [0.1, 0.15) is 15.4 Å². The highest BCUT2D eigenvalue weighted by Crippen LogP contribution is 2.11. The zero-order valence-electron chi connectivity index (χ0n) is 12.4.